The topological polar surface area (TPSA) is 64.2 Å². The second kappa shape index (κ2) is 6.20. The highest BCUT2D eigenvalue weighted by Gasteiger charge is 2.62. The van der Waals surface area contributed by atoms with Crippen molar-refractivity contribution in [1.82, 2.24) is 0 Å². The van der Waals surface area contributed by atoms with Gasteiger partial charge in [0.1, 0.15) is 0 Å². The molecule has 5 heteroatoms. The predicted molar refractivity (Wildman–Crippen MR) is 105 cm³/mol. The minimum absolute atomic E-state index is 0.127. The number of aromatic hydroxyl groups is 1. The minimum atomic E-state index is -0.829. The summed E-state index contributed by atoms with van der Waals surface area (Å²) in [5.74, 6) is -0.672. The van der Waals surface area contributed by atoms with Gasteiger partial charge in [-0.15, -0.1) is 0 Å². The SMILES string of the molecule is C[C@]12CCC3c4ccc(O)c(F)c4CC(C#N)C3C1CC[C@@]2(O)/C=C/I. The first-order valence-corrected chi connectivity index (χ1v) is 10.5. The van der Waals surface area contributed by atoms with Crippen LogP contribution in [0.15, 0.2) is 22.3 Å². The molecule has 6 atom stereocenters. The first-order chi connectivity index (χ1) is 12.4. The average Bonchev–Trinajstić information content (AvgIpc) is 2.89. The summed E-state index contributed by atoms with van der Waals surface area (Å²) in [5, 5.41) is 30.9. The molecule has 0 aromatic heterocycles. The predicted octanol–water partition coefficient (Wildman–Crippen LogP) is 4.82. The number of aliphatic hydroxyl groups is 1. The van der Waals surface area contributed by atoms with Crippen LogP contribution in [0.4, 0.5) is 4.39 Å². The van der Waals surface area contributed by atoms with Crippen LogP contribution in [0.25, 0.3) is 0 Å². The van der Waals surface area contributed by atoms with Crippen LogP contribution in [-0.2, 0) is 6.42 Å². The summed E-state index contributed by atoms with van der Waals surface area (Å²) >= 11 is 2.15. The fraction of sp³-hybridized carbons (Fsp3) is 0.571. The first-order valence-electron chi connectivity index (χ1n) is 9.26. The number of hydrogen-bond acceptors (Lipinski definition) is 3. The molecule has 2 N–H and O–H groups in total. The van der Waals surface area contributed by atoms with E-state index in [-0.39, 0.29) is 34.8 Å². The van der Waals surface area contributed by atoms with Crippen molar-refractivity contribution in [1.29, 1.82) is 5.26 Å². The molecule has 4 rings (SSSR count). The fourth-order valence-electron chi connectivity index (χ4n) is 6.22. The highest BCUT2D eigenvalue weighted by molar-refractivity contribution is 14.1. The molecular formula is C21H23FINO2. The molecule has 138 valence electrons. The van der Waals surface area contributed by atoms with Crippen LogP contribution in [0, 0.1) is 40.3 Å². The summed E-state index contributed by atoms with van der Waals surface area (Å²) in [5.41, 5.74) is 0.392. The van der Waals surface area contributed by atoms with Gasteiger partial charge in [0, 0.05) is 5.41 Å². The number of benzene rings is 1. The van der Waals surface area contributed by atoms with Crippen molar-refractivity contribution in [2.24, 2.45) is 23.2 Å². The number of nitriles is 1. The molecule has 4 unspecified atom stereocenters. The van der Waals surface area contributed by atoms with E-state index >= 15 is 0 Å². The highest BCUT2D eigenvalue weighted by atomic mass is 127. The van der Waals surface area contributed by atoms with Crippen molar-refractivity contribution < 1.29 is 14.6 Å². The van der Waals surface area contributed by atoms with Crippen molar-refractivity contribution in [2.75, 3.05) is 0 Å². The van der Waals surface area contributed by atoms with E-state index in [2.05, 4.69) is 35.6 Å². The zero-order chi connectivity index (χ0) is 18.7. The van der Waals surface area contributed by atoms with Gasteiger partial charge in [-0.3, -0.25) is 0 Å². The van der Waals surface area contributed by atoms with Crippen LogP contribution in [0.5, 0.6) is 5.75 Å². The van der Waals surface area contributed by atoms with E-state index in [9.17, 15) is 19.9 Å². The molecule has 3 aliphatic carbocycles. The van der Waals surface area contributed by atoms with Gasteiger partial charge in [-0.1, -0.05) is 35.6 Å². The van der Waals surface area contributed by atoms with Crippen LogP contribution >= 0.6 is 22.6 Å². The quantitative estimate of drug-likeness (QED) is 0.583. The second-order valence-corrected chi connectivity index (χ2v) is 9.13. The monoisotopic (exact) mass is 467 g/mol. The van der Waals surface area contributed by atoms with Gasteiger partial charge in [-0.05, 0) is 77.2 Å². The highest BCUT2D eigenvalue weighted by Crippen LogP contribution is 2.65. The van der Waals surface area contributed by atoms with E-state index in [1.165, 1.54) is 6.07 Å². The molecule has 0 bridgehead atoms. The number of halogens is 2. The van der Waals surface area contributed by atoms with Crippen molar-refractivity contribution in [2.45, 2.75) is 50.5 Å². The molecule has 3 aliphatic rings. The number of fused-ring (bicyclic) bond motifs is 5. The molecule has 0 saturated heterocycles. The third kappa shape index (κ3) is 2.31. The van der Waals surface area contributed by atoms with Crippen molar-refractivity contribution in [3.8, 4) is 11.8 Å². The lowest BCUT2D eigenvalue weighted by molar-refractivity contribution is -0.0763. The van der Waals surface area contributed by atoms with Crippen molar-refractivity contribution in [3.63, 3.8) is 0 Å². The molecule has 26 heavy (non-hydrogen) atoms. The van der Waals surface area contributed by atoms with Gasteiger partial charge in [0.05, 0.1) is 17.6 Å². The molecular weight excluding hydrogens is 444 g/mol. The Morgan fingerprint density at radius 1 is 1.35 bits per heavy atom. The summed E-state index contributed by atoms with van der Waals surface area (Å²) in [7, 11) is 0. The Hall–Kier alpha value is -1.13. The average molecular weight is 467 g/mol. The fourth-order valence-corrected chi connectivity index (χ4v) is 6.81. The summed E-state index contributed by atoms with van der Waals surface area (Å²) in [6.07, 6.45) is 5.57. The van der Waals surface area contributed by atoms with E-state index in [1.807, 2.05) is 16.2 Å². The van der Waals surface area contributed by atoms with Crippen LogP contribution in [0.3, 0.4) is 0 Å². The number of hydrogen-bond donors (Lipinski definition) is 2. The number of nitrogens with zero attached hydrogens (tertiary/aromatic N) is 1. The zero-order valence-corrected chi connectivity index (χ0v) is 16.9. The molecule has 2 fully saturated rings. The number of phenols is 1. The smallest absolute Gasteiger partial charge is 0.168 e. The van der Waals surface area contributed by atoms with Gasteiger partial charge >= 0.3 is 0 Å². The summed E-state index contributed by atoms with van der Waals surface area (Å²) in [4.78, 5) is 0. The lowest BCUT2D eigenvalue weighted by atomic mass is 9.51. The van der Waals surface area contributed by atoms with Crippen LogP contribution < -0.4 is 0 Å². The normalized spacial score (nSPS) is 41.3. The van der Waals surface area contributed by atoms with E-state index in [4.69, 9.17) is 0 Å². The van der Waals surface area contributed by atoms with Crippen molar-refractivity contribution >= 4 is 22.6 Å². The summed E-state index contributed by atoms with van der Waals surface area (Å²) in [6.45, 7) is 2.17. The van der Waals surface area contributed by atoms with E-state index in [0.717, 1.165) is 24.8 Å². The third-order valence-electron chi connectivity index (χ3n) is 7.60. The van der Waals surface area contributed by atoms with E-state index < -0.39 is 11.4 Å². The van der Waals surface area contributed by atoms with Gasteiger partial charge in [0.15, 0.2) is 11.6 Å². The Morgan fingerprint density at radius 3 is 2.81 bits per heavy atom. The summed E-state index contributed by atoms with van der Waals surface area (Å²) < 4.78 is 16.4. The molecule has 0 spiro atoms. The molecule has 0 amide bonds. The van der Waals surface area contributed by atoms with Crippen molar-refractivity contribution in [3.05, 3.63) is 39.2 Å². The maximum Gasteiger partial charge on any atom is 0.168 e. The summed E-state index contributed by atoms with van der Waals surface area (Å²) in [6, 6.07) is 5.71. The van der Waals surface area contributed by atoms with Crippen LogP contribution in [0.1, 0.15) is 49.7 Å². The van der Waals surface area contributed by atoms with Gasteiger partial charge in [0.2, 0.25) is 0 Å². The van der Waals surface area contributed by atoms with E-state index in [1.54, 1.807) is 0 Å². The van der Waals surface area contributed by atoms with Crippen LogP contribution in [-0.4, -0.2) is 15.8 Å². The standard InChI is InChI=1S/C21H23FINO2/c1-20-6-4-14-13-2-3-17(25)19(22)15(13)10-12(11-24)18(14)16(20)5-7-21(20,26)8-9-23/h2-3,8-9,12,14,16,18,25-26H,4-7,10H2,1H3/b9-8+/t12?,14?,16?,18?,20-,21+/m0/s1. The molecule has 2 saturated carbocycles. The maximum atomic E-state index is 14.5. The zero-order valence-electron chi connectivity index (χ0n) is 14.8. The van der Waals surface area contributed by atoms with Crippen LogP contribution in [0.2, 0.25) is 0 Å². The Kier molecular flexibility index (Phi) is 4.35. The Morgan fingerprint density at radius 2 is 2.12 bits per heavy atom. The van der Waals surface area contributed by atoms with Gasteiger partial charge < -0.3 is 10.2 Å². The molecule has 3 nitrogen and oxygen atoms in total. The number of rotatable bonds is 1. The molecule has 1 aromatic carbocycles. The lowest BCUT2D eigenvalue weighted by Crippen LogP contribution is -2.51. The second-order valence-electron chi connectivity index (χ2n) is 8.41. The molecule has 0 heterocycles. The largest absolute Gasteiger partial charge is 0.505 e. The van der Waals surface area contributed by atoms with Gasteiger partial charge in [0.25, 0.3) is 0 Å². The third-order valence-corrected chi connectivity index (χ3v) is 7.96. The Labute approximate surface area is 167 Å². The molecule has 0 radical (unpaired) electrons. The Bertz CT molecular complexity index is 819. The van der Waals surface area contributed by atoms with Gasteiger partial charge in [-0.2, -0.15) is 5.26 Å². The lowest BCUT2D eigenvalue weighted by Gasteiger charge is -2.53. The maximum absolute atomic E-state index is 14.5. The molecule has 0 aliphatic heterocycles. The minimum Gasteiger partial charge on any atom is -0.505 e. The molecule has 1 aromatic rings. The Balaban J connectivity index is 1.80. The van der Waals surface area contributed by atoms with E-state index in [0.29, 0.717) is 18.4 Å². The number of phenolic OH excluding ortho intramolecular Hbond substituents is 1. The first kappa shape index (κ1) is 18.2. The van der Waals surface area contributed by atoms with Gasteiger partial charge in [-0.25, -0.2) is 4.39 Å².